The summed E-state index contributed by atoms with van der Waals surface area (Å²) in [4.78, 5) is 29.3. The Morgan fingerprint density at radius 2 is 1.61 bits per heavy atom. The van der Waals surface area contributed by atoms with Gasteiger partial charge in [-0.25, -0.2) is 10.2 Å². The second-order valence-corrected chi connectivity index (χ2v) is 10.3. The van der Waals surface area contributed by atoms with Gasteiger partial charge in [-0.05, 0) is 48.5 Å². The molecular formula is C30H19Cl4N3O4. The predicted molar refractivity (Wildman–Crippen MR) is 163 cm³/mol. The normalized spacial score (nSPS) is 11.1. The number of carbonyl (C=O) groups excluding carboxylic acids is 2. The maximum atomic E-state index is 13.4. The number of hydrazone groups is 1. The Hall–Kier alpha value is -4.01. The first kappa shape index (κ1) is 28.5. The van der Waals surface area contributed by atoms with Crippen molar-refractivity contribution in [1.29, 1.82) is 0 Å². The summed E-state index contributed by atoms with van der Waals surface area (Å²) < 4.78 is 10.8. The number of hydrogen-bond donors (Lipinski definition) is 2. The summed E-state index contributed by atoms with van der Waals surface area (Å²) in [5, 5.41) is 6.26. The number of aromatic nitrogens is 1. The smallest absolute Gasteiger partial charge is 0.347 e. The van der Waals surface area contributed by atoms with Gasteiger partial charge in [0.2, 0.25) is 0 Å². The monoisotopic (exact) mass is 625 g/mol. The lowest BCUT2D eigenvalue weighted by atomic mass is 10.0. The molecule has 1 amide bonds. The van der Waals surface area contributed by atoms with Crippen molar-refractivity contribution < 1.29 is 19.1 Å². The van der Waals surface area contributed by atoms with Gasteiger partial charge < -0.3 is 14.5 Å². The van der Waals surface area contributed by atoms with E-state index < -0.39 is 11.9 Å². The van der Waals surface area contributed by atoms with E-state index in [2.05, 4.69) is 15.5 Å². The minimum atomic E-state index is -0.674. The van der Waals surface area contributed by atoms with Crippen molar-refractivity contribution in [2.45, 2.75) is 0 Å². The van der Waals surface area contributed by atoms with Gasteiger partial charge in [0.1, 0.15) is 22.8 Å². The molecule has 4 aromatic carbocycles. The molecule has 0 atom stereocenters. The van der Waals surface area contributed by atoms with E-state index in [1.807, 2.05) is 6.07 Å². The van der Waals surface area contributed by atoms with Crippen LogP contribution in [0.3, 0.4) is 0 Å². The predicted octanol–water partition coefficient (Wildman–Crippen LogP) is 8.44. The highest BCUT2D eigenvalue weighted by Crippen LogP contribution is 2.40. The molecule has 2 N–H and O–H groups in total. The third-order valence-electron chi connectivity index (χ3n) is 6.07. The number of hydrogen-bond acceptors (Lipinski definition) is 5. The molecule has 0 radical (unpaired) electrons. The van der Waals surface area contributed by atoms with E-state index in [4.69, 9.17) is 55.9 Å². The molecular weight excluding hydrogens is 608 g/mol. The van der Waals surface area contributed by atoms with Crippen LogP contribution in [0.25, 0.3) is 22.0 Å². The number of nitrogens with zero attached hydrogens (tertiary/aromatic N) is 1. The maximum absolute atomic E-state index is 13.4. The number of fused-ring (bicyclic) bond motifs is 1. The fourth-order valence-corrected chi connectivity index (χ4v) is 5.17. The Morgan fingerprint density at radius 3 is 2.39 bits per heavy atom. The van der Waals surface area contributed by atoms with Gasteiger partial charge in [0, 0.05) is 37.1 Å². The molecule has 0 bridgehead atoms. The van der Waals surface area contributed by atoms with Crippen LogP contribution in [0.15, 0.2) is 84.0 Å². The van der Waals surface area contributed by atoms with Crippen LogP contribution in [0, 0.1) is 0 Å². The van der Waals surface area contributed by atoms with Crippen molar-refractivity contribution in [2.24, 2.45) is 5.10 Å². The quantitative estimate of drug-likeness (QED) is 0.0820. The Morgan fingerprint density at radius 1 is 0.854 bits per heavy atom. The van der Waals surface area contributed by atoms with Gasteiger partial charge in [-0.3, -0.25) is 4.79 Å². The summed E-state index contributed by atoms with van der Waals surface area (Å²) in [5.74, 6) is -0.710. The molecule has 0 saturated heterocycles. The van der Waals surface area contributed by atoms with Crippen LogP contribution in [0.4, 0.5) is 0 Å². The van der Waals surface area contributed by atoms with E-state index in [0.29, 0.717) is 53.4 Å². The van der Waals surface area contributed by atoms with Gasteiger partial charge in [0.15, 0.2) is 0 Å². The lowest BCUT2D eigenvalue weighted by molar-refractivity contribution is 0.0730. The number of amides is 1. The number of halogens is 4. The van der Waals surface area contributed by atoms with Crippen LogP contribution in [0.2, 0.25) is 20.1 Å². The Labute approximate surface area is 254 Å². The van der Waals surface area contributed by atoms with Crippen LogP contribution >= 0.6 is 46.4 Å². The number of carbonyl (C=O) groups is 2. The number of benzene rings is 4. The van der Waals surface area contributed by atoms with Crippen LogP contribution < -0.4 is 14.9 Å². The van der Waals surface area contributed by atoms with Crippen molar-refractivity contribution in [3.63, 3.8) is 0 Å². The van der Waals surface area contributed by atoms with E-state index >= 15 is 0 Å². The third kappa shape index (κ3) is 6.04. The minimum Gasteiger partial charge on any atom is -0.496 e. The van der Waals surface area contributed by atoms with Gasteiger partial charge in [-0.2, -0.15) is 5.10 Å². The maximum Gasteiger partial charge on any atom is 0.347 e. The van der Waals surface area contributed by atoms with Crippen molar-refractivity contribution in [3.8, 4) is 22.6 Å². The van der Waals surface area contributed by atoms with Gasteiger partial charge in [0.05, 0.1) is 23.9 Å². The molecule has 5 rings (SSSR count). The molecule has 0 spiro atoms. The number of H-pyrrole nitrogens is 1. The van der Waals surface area contributed by atoms with E-state index in [9.17, 15) is 9.59 Å². The van der Waals surface area contributed by atoms with Crippen LogP contribution in [-0.2, 0) is 0 Å². The fraction of sp³-hybridized carbons (Fsp3) is 0.0333. The molecule has 7 nitrogen and oxygen atoms in total. The average Bonchev–Trinajstić information content (AvgIpc) is 3.33. The second-order valence-electron chi connectivity index (χ2n) is 8.64. The van der Waals surface area contributed by atoms with Crippen molar-refractivity contribution in [2.75, 3.05) is 7.11 Å². The highest BCUT2D eigenvalue weighted by atomic mass is 35.5. The van der Waals surface area contributed by atoms with Crippen molar-refractivity contribution >= 4 is 75.4 Å². The number of nitrogens with one attached hydrogen (secondary N) is 2. The number of esters is 1. The summed E-state index contributed by atoms with van der Waals surface area (Å²) in [6.45, 7) is 0. The summed E-state index contributed by atoms with van der Waals surface area (Å²) in [6, 6.07) is 21.7. The van der Waals surface area contributed by atoms with E-state index in [1.165, 1.54) is 19.4 Å². The molecule has 1 heterocycles. The summed E-state index contributed by atoms with van der Waals surface area (Å²) >= 11 is 25.2. The molecule has 0 unspecified atom stereocenters. The van der Waals surface area contributed by atoms with Crippen molar-refractivity contribution in [3.05, 3.63) is 116 Å². The molecule has 0 aliphatic carbocycles. The Balaban J connectivity index is 1.43. The topological polar surface area (TPSA) is 92.8 Å². The van der Waals surface area contributed by atoms with Crippen LogP contribution in [-0.4, -0.2) is 30.2 Å². The molecule has 11 heteroatoms. The molecule has 0 fully saturated rings. The minimum absolute atomic E-state index is 0.157. The highest BCUT2D eigenvalue weighted by Gasteiger charge is 2.23. The number of aromatic amines is 1. The van der Waals surface area contributed by atoms with Crippen LogP contribution in [0.5, 0.6) is 11.5 Å². The van der Waals surface area contributed by atoms with Crippen LogP contribution in [0.1, 0.15) is 26.4 Å². The van der Waals surface area contributed by atoms with Gasteiger partial charge in [0.25, 0.3) is 5.91 Å². The third-order valence-corrected chi connectivity index (χ3v) is 7.15. The molecule has 0 aliphatic rings. The largest absolute Gasteiger partial charge is 0.496 e. The first-order valence-electron chi connectivity index (χ1n) is 12.0. The zero-order valence-electron chi connectivity index (χ0n) is 21.2. The molecule has 41 heavy (non-hydrogen) atoms. The average molecular weight is 627 g/mol. The van der Waals surface area contributed by atoms with E-state index in [1.54, 1.807) is 66.7 Å². The number of para-hydroxylation sites is 1. The molecule has 5 aromatic rings. The summed E-state index contributed by atoms with van der Waals surface area (Å²) in [6.07, 6.45) is 1.36. The SMILES string of the molecule is COc1ccc(Cl)cc1C(=O)Oc1ccccc1C=NNC(=O)c1[nH]c2c(Cl)cc(Cl)cc2c1-c1ccccc1Cl. The number of rotatable bonds is 7. The zero-order valence-corrected chi connectivity index (χ0v) is 24.2. The lowest BCUT2D eigenvalue weighted by Crippen LogP contribution is -2.19. The Kier molecular flexibility index (Phi) is 8.52. The first-order chi connectivity index (χ1) is 19.8. The molecule has 1 aromatic heterocycles. The molecule has 0 aliphatic heterocycles. The van der Waals surface area contributed by atoms with Gasteiger partial charge >= 0.3 is 5.97 Å². The van der Waals surface area contributed by atoms with Gasteiger partial charge in [-0.15, -0.1) is 0 Å². The van der Waals surface area contributed by atoms with Gasteiger partial charge in [-0.1, -0.05) is 76.7 Å². The zero-order chi connectivity index (χ0) is 29.1. The number of ether oxygens (including phenoxy) is 2. The molecule has 0 saturated carbocycles. The summed E-state index contributed by atoms with van der Waals surface area (Å²) in [5.41, 5.74) is 4.94. The highest BCUT2D eigenvalue weighted by molar-refractivity contribution is 6.40. The lowest BCUT2D eigenvalue weighted by Gasteiger charge is -2.10. The molecule has 206 valence electrons. The van der Waals surface area contributed by atoms with E-state index in [-0.39, 0.29) is 17.0 Å². The summed E-state index contributed by atoms with van der Waals surface area (Å²) in [7, 11) is 1.44. The number of methoxy groups -OCH3 is 1. The van der Waals surface area contributed by atoms with E-state index in [0.717, 1.165) is 0 Å². The second kappa shape index (κ2) is 12.2. The van der Waals surface area contributed by atoms with Crippen molar-refractivity contribution in [1.82, 2.24) is 10.4 Å². The standard InChI is InChI=1S/C30H19Cl4N3O4/c1-40-25-11-10-17(31)12-20(25)30(39)41-24-9-5-2-6-16(24)15-35-37-29(38)28-26(19-7-3-4-8-22(19)33)21-13-18(32)14-23(34)27(21)36-28/h2-15,36H,1H3,(H,37,38). The Bertz CT molecular complexity index is 1830. The fourth-order valence-electron chi connectivity index (χ4n) is 4.23. The first-order valence-corrected chi connectivity index (χ1v) is 13.5.